The number of nitrogens with one attached hydrogen (secondary N) is 1. The normalized spacial score (nSPS) is 16.0. The molecule has 0 amide bonds. The van der Waals surface area contributed by atoms with Gasteiger partial charge in [0.15, 0.2) is 0 Å². The van der Waals surface area contributed by atoms with Crippen molar-refractivity contribution in [3.8, 4) is 0 Å². The summed E-state index contributed by atoms with van der Waals surface area (Å²) >= 11 is 0. The van der Waals surface area contributed by atoms with Gasteiger partial charge in [-0.15, -0.1) is 10.2 Å². The Bertz CT molecular complexity index is 479. The lowest BCUT2D eigenvalue weighted by Gasteiger charge is -2.16. The molecule has 5 heteroatoms. The van der Waals surface area contributed by atoms with Crippen molar-refractivity contribution in [2.24, 2.45) is 5.92 Å². The van der Waals surface area contributed by atoms with E-state index in [1.54, 1.807) is 0 Å². The molecule has 2 rings (SSSR count). The number of aldehydes is 1. The lowest BCUT2D eigenvalue weighted by Crippen LogP contribution is -2.14. The van der Waals surface area contributed by atoms with Gasteiger partial charge in [-0.05, 0) is 51.6 Å². The summed E-state index contributed by atoms with van der Waals surface area (Å²) in [4.78, 5) is 11.1. The van der Waals surface area contributed by atoms with E-state index in [1.165, 1.54) is 25.7 Å². The highest BCUT2D eigenvalue weighted by Gasteiger charge is 2.31. The van der Waals surface area contributed by atoms with Crippen molar-refractivity contribution in [1.29, 1.82) is 0 Å². The Labute approximate surface area is 140 Å². The Morgan fingerprint density at radius 1 is 1.26 bits per heavy atom. The Hall–Kier alpha value is -1.23. The molecule has 1 saturated carbocycles. The molecule has 5 nitrogen and oxygen atoms in total. The molecule has 0 saturated heterocycles. The van der Waals surface area contributed by atoms with Gasteiger partial charge in [-0.3, -0.25) is 0 Å². The summed E-state index contributed by atoms with van der Waals surface area (Å²) in [7, 11) is 1.97. The Balaban J connectivity index is 2.09. The van der Waals surface area contributed by atoms with Crippen LogP contribution in [0, 0.1) is 5.92 Å². The van der Waals surface area contributed by atoms with Gasteiger partial charge in [0.25, 0.3) is 0 Å². The smallest absolute Gasteiger partial charge is 0.136 e. The predicted octanol–water partition coefficient (Wildman–Crippen LogP) is 3.26. The maximum absolute atomic E-state index is 11.1. The fourth-order valence-corrected chi connectivity index (χ4v) is 3.18. The first-order valence-electron chi connectivity index (χ1n) is 9.19. The SMILES string of the molecule is CNCCCC(CC=O)c1nnc(CCCC(C)C)n1C1CC1. The van der Waals surface area contributed by atoms with Crippen molar-refractivity contribution in [2.45, 2.75) is 77.2 Å². The molecule has 1 N–H and O–H groups in total. The number of hydrogen-bond acceptors (Lipinski definition) is 4. The summed E-state index contributed by atoms with van der Waals surface area (Å²) in [6, 6.07) is 0.576. The van der Waals surface area contributed by atoms with Crippen LogP contribution < -0.4 is 5.32 Å². The highest BCUT2D eigenvalue weighted by molar-refractivity contribution is 5.51. The number of carbonyl (C=O) groups excluding carboxylic acids is 1. The first-order chi connectivity index (χ1) is 11.2. The van der Waals surface area contributed by atoms with E-state index in [2.05, 4.69) is 33.9 Å². The molecule has 23 heavy (non-hydrogen) atoms. The summed E-state index contributed by atoms with van der Waals surface area (Å²) in [5.74, 6) is 3.13. The lowest BCUT2D eigenvalue weighted by atomic mass is 9.98. The van der Waals surface area contributed by atoms with Crippen molar-refractivity contribution in [1.82, 2.24) is 20.1 Å². The first-order valence-corrected chi connectivity index (χ1v) is 9.19. The second kappa shape index (κ2) is 9.16. The van der Waals surface area contributed by atoms with Gasteiger partial charge in [-0.1, -0.05) is 20.3 Å². The number of nitrogens with zero attached hydrogens (tertiary/aromatic N) is 3. The van der Waals surface area contributed by atoms with E-state index in [0.29, 0.717) is 12.5 Å². The van der Waals surface area contributed by atoms with Gasteiger partial charge < -0.3 is 14.7 Å². The van der Waals surface area contributed by atoms with Crippen molar-refractivity contribution in [2.75, 3.05) is 13.6 Å². The number of rotatable bonds is 12. The maximum Gasteiger partial charge on any atom is 0.136 e. The van der Waals surface area contributed by atoms with Gasteiger partial charge in [0, 0.05) is 24.8 Å². The molecule has 0 aromatic carbocycles. The molecule has 1 aromatic heterocycles. The summed E-state index contributed by atoms with van der Waals surface area (Å²) in [6.45, 7) is 5.51. The first kappa shape index (κ1) is 18.1. The zero-order valence-corrected chi connectivity index (χ0v) is 14.9. The van der Waals surface area contributed by atoms with Crippen LogP contribution in [-0.4, -0.2) is 34.6 Å². The van der Waals surface area contributed by atoms with Gasteiger partial charge in [0.2, 0.25) is 0 Å². The predicted molar refractivity (Wildman–Crippen MR) is 92.7 cm³/mol. The van der Waals surface area contributed by atoms with Crippen LogP contribution in [0.4, 0.5) is 0 Å². The molecule has 1 aliphatic rings. The van der Waals surface area contributed by atoms with Gasteiger partial charge >= 0.3 is 0 Å². The molecule has 0 bridgehead atoms. The number of carbonyl (C=O) groups is 1. The summed E-state index contributed by atoms with van der Waals surface area (Å²) in [5, 5.41) is 12.2. The summed E-state index contributed by atoms with van der Waals surface area (Å²) in [5.41, 5.74) is 0. The van der Waals surface area contributed by atoms with Crippen LogP contribution in [0.2, 0.25) is 0 Å². The third-order valence-electron chi connectivity index (χ3n) is 4.61. The number of aromatic nitrogens is 3. The number of aryl methyl sites for hydroxylation is 1. The summed E-state index contributed by atoms with van der Waals surface area (Å²) in [6.07, 6.45) is 9.51. The second-order valence-corrected chi connectivity index (χ2v) is 7.21. The van der Waals surface area contributed by atoms with Gasteiger partial charge in [-0.2, -0.15) is 0 Å². The summed E-state index contributed by atoms with van der Waals surface area (Å²) < 4.78 is 2.37. The minimum atomic E-state index is 0.216. The largest absolute Gasteiger partial charge is 0.320 e. The zero-order valence-electron chi connectivity index (χ0n) is 14.9. The van der Waals surface area contributed by atoms with Gasteiger partial charge in [0.05, 0.1) is 0 Å². The molecule has 1 aromatic rings. The Morgan fingerprint density at radius 3 is 2.65 bits per heavy atom. The lowest BCUT2D eigenvalue weighted by molar-refractivity contribution is -0.108. The highest BCUT2D eigenvalue weighted by Crippen LogP contribution is 2.39. The van der Waals surface area contributed by atoms with E-state index in [4.69, 9.17) is 0 Å². The third-order valence-corrected chi connectivity index (χ3v) is 4.61. The topological polar surface area (TPSA) is 59.8 Å². The molecule has 130 valence electrons. The van der Waals surface area contributed by atoms with E-state index >= 15 is 0 Å². The van der Waals surface area contributed by atoms with Crippen molar-refractivity contribution in [3.05, 3.63) is 11.6 Å². The van der Waals surface area contributed by atoms with Crippen LogP contribution in [0.25, 0.3) is 0 Å². The van der Waals surface area contributed by atoms with Crippen LogP contribution >= 0.6 is 0 Å². The molecule has 1 atom stereocenters. The van der Waals surface area contributed by atoms with E-state index in [0.717, 1.165) is 49.7 Å². The van der Waals surface area contributed by atoms with Gasteiger partial charge in [-0.25, -0.2) is 0 Å². The van der Waals surface area contributed by atoms with Crippen LogP contribution in [0.3, 0.4) is 0 Å². The fourth-order valence-electron chi connectivity index (χ4n) is 3.18. The van der Waals surface area contributed by atoms with E-state index in [9.17, 15) is 4.79 Å². The number of hydrogen-bond donors (Lipinski definition) is 1. The van der Waals surface area contributed by atoms with Crippen molar-refractivity contribution >= 4 is 6.29 Å². The minimum absolute atomic E-state index is 0.216. The van der Waals surface area contributed by atoms with Crippen molar-refractivity contribution < 1.29 is 4.79 Å². The maximum atomic E-state index is 11.1. The molecular weight excluding hydrogens is 288 g/mol. The van der Waals surface area contributed by atoms with E-state index < -0.39 is 0 Å². The minimum Gasteiger partial charge on any atom is -0.320 e. The van der Waals surface area contributed by atoms with Crippen LogP contribution in [0.1, 0.15) is 82.4 Å². The van der Waals surface area contributed by atoms with Gasteiger partial charge in [0.1, 0.15) is 17.9 Å². The standard InChI is InChI=1S/C18H32N4O/c1-14(2)6-4-8-17-20-21-18(22(17)16-9-10-16)15(11-13-23)7-5-12-19-3/h13-16,19H,4-12H2,1-3H3. The van der Waals surface area contributed by atoms with Crippen molar-refractivity contribution in [3.63, 3.8) is 0 Å². The quantitative estimate of drug-likeness (QED) is 0.474. The monoisotopic (exact) mass is 320 g/mol. The highest BCUT2D eigenvalue weighted by atomic mass is 16.1. The zero-order chi connectivity index (χ0) is 16.7. The third kappa shape index (κ3) is 5.41. The molecule has 1 heterocycles. The van der Waals surface area contributed by atoms with Crippen LogP contribution in [0.15, 0.2) is 0 Å². The molecule has 0 radical (unpaired) electrons. The molecule has 1 aliphatic carbocycles. The van der Waals surface area contributed by atoms with E-state index in [-0.39, 0.29) is 5.92 Å². The average molecular weight is 320 g/mol. The van der Waals surface area contributed by atoms with E-state index in [1.807, 2.05) is 7.05 Å². The van der Waals surface area contributed by atoms with Crippen LogP contribution in [0.5, 0.6) is 0 Å². The second-order valence-electron chi connectivity index (χ2n) is 7.21. The molecular formula is C18H32N4O. The average Bonchev–Trinajstić information content (AvgIpc) is 3.27. The van der Waals surface area contributed by atoms with Crippen LogP contribution in [-0.2, 0) is 11.2 Å². The molecule has 1 fully saturated rings. The molecule has 0 aliphatic heterocycles. The fraction of sp³-hybridized carbons (Fsp3) is 0.833. The molecule has 1 unspecified atom stereocenters. The Morgan fingerprint density at radius 2 is 2.04 bits per heavy atom. The Kier molecular flexibility index (Phi) is 7.21. The molecule has 0 spiro atoms.